The molecule has 1 aliphatic heterocycles. The third kappa shape index (κ3) is 2.48. The molecule has 0 aliphatic carbocycles. The van der Waals surface area contributed by atoms with Gasteiger partial charge in [-0.15, -0.1) is 0 Å². The maximum atomic E-state index is 5.78. The average molecular weight is 156 g/mol. The van der Waals surface area contributed by atoms with Gasteiger partial charge in [0.2, 0.25) is 0 Å². The quantitative estimate of drug-likeness (QED) is 0.597. The number of rotatable bonds is 2. The monoisotopic (exact) mass is 156 g/mol. The van der Waals surface area contributed by atoms with Crippen LogP contribution < -0.4 is 0 Å². The van der Waals surface area contributed by atoms with E-state index in [9.17, 15) is 0 Å². The largest absolute Gasteiger partial charge is 0.375 e. The van der Waals surface area contributed by atoms with Crippen LogP contribution in [0, 0.1) is 5.92 Å². The first-order valence-electron chi connectivity index (χ1n) is 4.80. The van der Waals surface area contributed by atoms with Gasteiger partial charge in [-0.05, 0) is 32.1 Å². The third-order valence-corrected chi connectivity index (χ3v) is 2.62. The summed E-state index contributed by atoms with van der Waals surface area (Å²) >= 11 is 0. The van der Waals surface area contributed by atoms with Gasteiger partial charge in [0.15, 0.2) is 0 Å². The Morgan fingerprint density at radius 2 is 2.27 bits per heavy atom. The van der Waals surface area contributed by atoms with Crippen LogP contribution in [0.1, 0.15) is 46.5 Å². The van der Waals surface area contributed by atoms with Crippen LogP contribution in [0.3, 0.4) is 0 Å². The van der Waals surface area contributed by atoms with Crippen LogP contribution >= 0.6 is 0 Å². The van der Waals surface area contributed by atoms with Gasteiger partial charge >= 0.3 is 0 Å². The van der Waals surface area contributed by atoms with E-state index >= 15 is 0 Å². The molecule has 0 radical (unpaired) electrons. The molecule has 0 saturated carbocycles. The van der Waals surface area contributed by atoms with E-state index in [0.717, 1.165) is 12.5 Å². The van der Waals surface area contributed by atoms with Crippen LogP contribution in [-0.4, -0.2) is 12.2 Å². The lowest BCUT2D eigenvalue weighted by Crippen LogP contribution is -2.35. The van der Waals surface area contributed by atoms with Crippen LogP contribution in [0.15, 0.2) is 0 Å². The van der Waals surface area contributed by atoms with E-state index in [1.54, 1.807) is 0 Å². The first-order valence-corrected chi connectivity index (χ1v) is 4.80. The van der Waals surface area contributed by atoms with Crippen molar-refractivity contribution in [2.75, 3.05) is 6.61 Å². The van der Waals surface area contributed by atoms with E-state index in [1.807, 2.05) is 0 Å². The van der Waals surface area contributed by atoms with Gasteiger partial charge in [0.05, 0.1) is 5.60 Å². The molecule has 1 heteroatoms. The molecule has 1 nitrogen and oxygen atoms in total. The van der Waals surface area contributed by atoms with Crippen molar-refractivity contribution >= 4 is 0 Å². The molecule has 0 N–H and O–H groups in total. The zero-order chi connectivity index (χ0) is 8.32. The van der Waals surface area contributed by atoms with Crippen LogP contribution in [-0.2, 0) is 4.74 Å². The summed E-state index contributed by atoms with van der Waals surface area (Å²) < 4.78 is 5.78. The normalized spacial score (nSPS) is 39.0. The molecule has 0 aromatic rings. The second kappa shape index (κ2) is 3.57. The number of hydrogen-bond donors (Lipinski definition) is 0. The van der Waals surface area contributed by atoms with Crippen molar-refractivity contribution in [2.45, 2.75) is 52.1 Å². The van der Waals surface area contributed by atoms with Crippen molar-refractivity contribution < 1.29 is 4.74 Å². The Bertz CT molecular complexity index is 118. The highest BCUT2D eigenvalue weighted by Crippen LogP contribution is 2.31. The molecule has 0 aromatic carbocycles. The van der Waals surface area contributed by atoms with Gasteiger partial charge in [-0.25, -0.2) is 0 Å². The van der Waals surface area contributed by atoms with E-state index in [0.29, 0.717) is 0 Å². The maximum absolute atomic E-state index is 5.78. The molecule has 1 aliphatic rings. The van der Waals surface area contributed by atoms with Crippen LogP contribution in [0.25, 0.3) is 0 Å². The van der Waals surface area contributed by atoms with Gasteiger partial charge in [0, 0.05) is 6.61 Å². The molecular formula is C10H20O. The predicted molar refractivity (Wildman–Crippen MR) is 47.7 cm³/mol. The SMILES string of the molecule is CCCC1(C)C[C@H](C)CCO1. The standard InChI is InChI=1S/C10H20O/c1-4-6-10(3)8-9(2)5-7-11-10/h9H,4-8H2,1-3H3/t9-,10?/m1/s1. The fraction of sp³-hybridized carbons (Fsp3) is 1.00. The van der Waals surface area contributed by atoms with Crippen molar-refractivity contribution in [3.05, 3.63) is 0 Å². The zero-order valence-corrected chi connectivity index (χ0v) is 8.02. The van der Waals surface area contributed by atoms with Gasteiger partial charge < -0.3 is 4.74 Å². The first-order chi connectivity index (χ1) is 5.16. The Morgan fingerprint density at radius 1 is 1.55 bits per heavy atom. The average Bonchev–Trinajstić information content (AvgIpc) is 1.86. The van der Waals surface area contributed by atoms with E-state index in [4.69, 9.17) is 4.74 Å². The number of ether oxygens (including phenoxy) is 1. The summed E-state index contributed by atoms with van der Waals surface area (Å²) in [5.74, 6) is 0.861. The highest BCUT2D eigenvalue weighted by atomic mass is 16.5. The van der Waals surface area contributed by atoms with Gasteiger partial charge in [-0.3, -0.25) is 0 Å². The zero-order valence-electron chi connectivity index (χ0n) is 8.02. The van der Waals surface area contributed by atoms with Crippen molar-refractivity contribution in [1.82, 2.24) is 0 Å². The molecule has 0 spiro atoms. The van der Waals surface area contributed by atoms with Gasteiger partial charge in [-0.1, -0.05) is 20.3 Å². The summed E-state index contributed by atoms with van der Waals surface area (Å²) in [4.78, 5) is 0. The molecule has 66 valence electrons. The molecule has 1 saturated heterocycles. The molecule has 1 heterocycles. The van der Waals surface area contributed by atoms with Crippen molar-refractivity contribution in [1.29, 1.82) is 0 Å². The summed E-state index contributed by atoms with van der Waals surface area (Å²) in [6.45, 7) is 7.79. The van der Waals surface area contributed by atoms with Crippen molar-refractivity contribution in [2.24, 2.45) is 5.92 Å². The van der Waals surface area contributed by atoms with E-state index in [-0.39, 0.29) is 5.60 Å². The fourth-order valence-corrected chi connectivity index (χ4v) is 2.11. The molecular weight excluding hydrogens is 136 g/mol. The highest BCUT2D eigenvalue weighted by Gasteiger charge is 2.29. The minimum Gasteiger partial charge on any atom is -0.375 e. The second-order valence-corrected chi connectivity index (χ2v) is 4.15. The molecule has 0 aromatic heterocycles. The Hall–Kier alpha value is -0.0400. The summed E-state index contributed by atoms with van der Waals surface area (Å²) in [6.07, 6.45) is 4.96. The molecule has 1 unspecified atom stereocenters. The minimum absolute atomic E-state index is 0.201. The van der Waals surface area contributed by atoms with Gasteiger partial charge in [0.1, 0.15) is 0 Å². The maximum Gasteiger partial charge on any atom is 0.0657 e. The summed E-state index contributed by atoms with van der Waals surface area (Å²) in [7, 11) is 0. The van der Waals surface area contributed by atoms with Crippen molar-refractivity contribution in [3.8, 4) is 0 Å². The van der Waals surface area contributed by atoms with Gasteiger partial charge in [0.25, 0.3) is 0 Å². The second-order valence-electron chi connectivity index (χ2n) is 4.15. The van der Waals surface area contributed by atoms with Crippen molar-refractivity contribution in [3.63, 3.8) is 0 Å². The lowest BCUT2D eigenvalue weighted by Gasteiger charge is -2.37. The predicted octanol–water partition coefficient (Wildman–Crippen LogP) is 2.99. The topological polar surface area (TPSA) is 9.23 Å². The highest BCUT2D eigenvalue weighted by molar-refractivity contribution is 4.80. The van der Waals surface area contributed by atoms with E-state index in [1.165, 1.54) is 25.7 Å². The Morgan fingerprint density at radius 3 is 2.82 bits per heavy atom. The fourth-order valence-electron chi connectivity index (χ4n) is 2.11. The van der Waals surface area contributed by atoms with Gasteiger partial charge in [-0.2, -0.15) is 0 Å². The van der Waals surface area contributed by atoms with Crippen LogP contribution in [0.2, 0.25) is 0 Å². The van der Waals surface area contributed by atoms with E-state index < -0.39 is 0 Å². The van der Waals surface area contributed by atoms with Crippen LogP contribution in [0.4, 0.5) is 0 Å². The lowest BCUT2D eigenvalue weighted by molar-refractivity contribution is -0.0871. The number of hydrogen-bond acceptors (Lipinski definition) is 1. The Labute approximate surface area is 70.1 Å². The molecule has 0 amide bonds. The first kappa shape index (κ1) is 9.05. The third-order valence-electron chi connectivity index (χ3n) is 2.62. The minimum atomic E-state index is 0.201. The molecule has 11 heavy (non-hydrogen) atoms. The van der Waals surface area contributed by atoms with E-state index in [2.05, 4.69) is 20.8 Å². The Balaban J connectivity index is 2.41. The molecule has 1 fully saturated rings. The lowest BCUT2D eigenvalue weighted by atomic mass is 9.85. The molecule has 2 atom stereocenters. The van der Waals surface area contributed by atoms with Crippen LogP contribution in [0.5, 0.6) is 0 Å². The summed E-state index contributed by atoms with van der Waals surface area (Å²) in [5, 5.41) is 0. The molecule has 0 bridgehead atoms. The smallest absolute Gasteiger partial charge is 0.0657 e. The molecule has 1 rings (SSSR count). The summed E-state index contributed by atoms with van der Waals surface area (Å²) in [6, 6.07) is 0. The summed E-state index contributed by atoms with van der Waals surface area (Å²) in [5.41, 5.74) is 0.201. The Kier molecular flexibility index (Phi) is 2.94.